The van der Waals surface area contributed by atoms with E-state index in [0.29, 0.717) is 11.6 Å². The van der Waals surface area contributed by atoms with Gasteiger partial charge in [-0.3, -0.25) is 9.48 Å². The summed E-state index contributed by atoms with van der Waals surface area (Å²) in [7, 11) is 1.94. The van der Waals surface area contributed by atoms with Crippen molar-refractivity contribution in [3.05, 3.63) is 16.0 Å². The van der Waals surface area contributed by atoms with Gasteiger partial charge in [-0.1, -0.05) is 27.7 Å². The highest BCUT2D eigenvalue weighted by atomic mass is 16.1. The van der Waals surface area contributed by atoms with E-state index >= 15 is 0 Å². The molecule has 1 heterocycles. The summed E-state index contributed by atoms with van der Waals surface area (Å²) in [6.45, 7) is 8.48. The van der Waals surface area contributed by atoms with Crippen molar-refractivity contribution in [2.24, 2.45) is 13.0 Å². The lowest BCUT2D eigenvalue weighted by Crippen LogP contribution is -2.27. The maximum atomic E-state index is 12.2. The van der Waals surface area contributed by atoms with Crippen molar-refractivity contribution in [2.45, 2.75) is 53.0 Å². The molecule has 4 nitrogen and oxygen atoms in total. The molecule has 0 unspecified atom stereocenters. The van der Waals surface area contributed by atoms with Gasteiger partial charge in [0.2, 0.25) is 0 Å². The Morgan fingerprint density at radius 2 is 1.76 bits per heavy atom. The molecule has 0 bridgehead atoms. The third-order valence-corrected chi connectivity index (χ3v) is 3.35. The molecule has 0 atom stereocenters. The highest BCUT2D eigenvalue weighted by Gasteiger charge is 2.20. The average Bonchev–Trinajstić information content (AvgIpc) is 2.47. The van der Waals surface area contributed by atoms with Crippen molar-refractivity contribution < 1.29 is 0 Å². The molecule has 1 aromatic heterocycles. The molecule has 2 N–H and O–H groups in total. The van der Waals surface area contributed by atoms with Gasteiger partial charge in [-0.25, -0.2) is 4.68 Å². The molecule has 17 heavy (non-hydrogen) atoms. The fourth-order valence-electron chi connectivity index (χ4n) is 2.36. The van der Waals surface area contributed by atoms with E-state index in [4.69, 9.17) is 5.73 Å². The lowest BCUT2D eigenvalue weighted by atomic mass is 10.1. The van der Waals surface area contributed by atoms with E-state index in [2.05, 4.69) is 27.7 Å². The van der Waals surface area contributed by atoms with Gasteiger partial charge in [0, 0.05) is 7.05 Å². The minimum absolute atomic E-state index is 0.0307. The van der Waals surface area contributed by atoms with Gasteiger partial charge in [0.15, 0.2) is 0 Å². The average molecular weight is 239 g/mol. The summed E-state index contributed by atoms with van der Waals surface area (Å²) in [6.07, 6.45) is 2.76. The Morgan fingerprint density at radius 1 is 1.24 bits per heavy atom. The van der Waals surface area contributed by atoms with Gasteiger partial charge in [-0.05, 0) is 25.2 Å². The zero-order chi connectivity index (χ0) is 13.2. The van der Waals surface area contributed by atoms with E-state index in [1.807, 2.05) is 16.4 Å². The normalized spacial score (nSPS) is 11.7. The molecule has 0 aliphatic heterocycles. The molecule has 0 aliphatic rings. The van der Waals surface area contributed by atoms with Crippen LogP contribution in [0.2, 0.25) is 0 Å². The van der Waals surface area contributed by atoms with Crippen LogP contribution in [0.1, 0.15) is 52.3 Å². The topological polar surface area (TPSA) is 52.9 Å². The maximum Gasteiger partial charge on any atom is 0.290 e. The fraction of sp³-hybridized carbons (Fsp3) is 0.769. The highest BCUT2D eigenvalue weighted by Crippen LogP contribution is 2.19. The summed E-state index contributed by atoms with van der Waals surface area (Å²) >= 11 is 0. The van der Waals surface area contributed by atoms with E-state index in [1.54, 1.807) is 0 Å². The molecule has 0 spiro atoms. The predicted molar refractivity (Wildman–Crippen MR) is 72.2 cm³/mol. The lowest BCUT2D eigenvalue weighted by molar-refractivity contribution is 0.359. The molecule has 0 aromatic carbocycles. The van der Waals surface area contributed by atoms with Crippen molar-refractivity contribution in [3.63, 3.8) is 0 Å². The first-order valence-corrected chi connectivity index (χ1v) is 6.49. The summed E-state index contributed by atoms with van der Waals surface area (Å²) in [5, 5.41) is 0. The van der Waals surface area contributed by atoms with Crippen LogP contribution in [0.4, 0.5) is 5.69 Å². The smallest absolute Gasteiger partial charge is 0.290 e. The Kier molecular flexibility index (Phi) is 4.43. The molecule has 1 aromatic rings. The second-order valence-corrected chi connectivity index (χ2v) is 5.10. The Bertz CT molecular complexity index is 425. The van der Waals surface area contributed by atoms with Gasteiger partial charge in [-0.2, -0.15) is 0 Å². The molecule has 4 heteroatoms. The third-order valence-electron chi connectivity index (χ3n) is 3.35. The largest absolute Gasteiger partial charge is 0.393 e. The lowest BCUT2D eigenvalue weighted by Gasteiger charge is -2.18. The molecule has 0 fully saturated rings. The van der Waals surface area contributed by atoms with Crippen LogP contribution in [0.3, 0.4) is 0 Å². The van der Waals surface area contributed by atoms with Crippen molar-refractivity contribution in [3.8, 4) is 0 Å². The number of nitrogens with zero attached hydrogens (tertiary/aromatic N) is 2. The Hall–Kier alpha value is -1.19. The Labute approximate surface area is 103 Å². The van der Waals surface area contributed by atoms with E-state index in [1.165, 1.54) is 0 Å². The number of nitrogens with two attached hydrogens (primary N) is 1. The molecule has 0 aliphatic carbocycles. The molecule has 98 valence electrons. The van der Waals surface area contributed by atoms with Crippen LogP contribution in [0, 0.1) is 5.92 Å². The minimum Gasteiger partial charge on any atom is -0.393 e. The second kappa shape index (κ2) is 5.43. The van der Waals surface area contributed by atoms with Gasteiger partial charge in [0.05, 0.1) is 11.7 Å². The number of aromatic nitrogens is 2. The van der Waals surface area contributed by atoms with Crippen LogP contribution < -0.4 is 11.3 Å². The molecular formula is C13H25N3O. The zero-order valence-corrected chi connectivity index (χ0v) is 11.7. The van der Waals surface area contributed by atoms with Crippen LogP contribution in [0.25, 0.3) is 0 Å². The fourth-order valence-corrected chi connectivity index (χ4v) is 2.36. The zero-order valence-electron chi connectivity index (χ0n) is 11.7. The van der Waals surface area contributed by atoms with E-state index < -0.39 is 0 Å². The molecule has 0 saturated carbocycles. The molecule has 0 amide bonds. The van der Waals surface area contributed by atoms with Crippen molar-refractivity contribution >= 4 is 5.69 Å². The molecule has 1 rings (SSSR count). The Morgan fingerprint density at radius 3 is 2.18 bits per heavy atom. The predicted octanol–water partition coefficient (Wildman–Crippen LogP) is 2.33. The van der Waals surface area contributed by atoms with Gasteiger partial charge in [0.1, 0.15) is 5.69 Å². The maximum absolute atomic E-state index is 12.2. The van der Waals surface area contributed by atoms with Crippen molar-refractivity contribution in [1.82, 2.24) is 9.36 Å². The van der Waals surface area contributed by atoms with Crippen LogP contribution >= 0.6 is 0 Å². The highest BCUT2D eigenvalue weighted by molar-refractivity contribution is 5.41. The SMILES string of the molecule is CCC(CC)n1c(=O)c(N)c(CC(C)C)n1C. The van der Waals surface area contributed by atoms with Crippen LogP contribution in [0.15, 0.2) is 4.79 Å². The van der Waals surface area contributed by atoms with Crippen LogP contribution in [-0.2, 0) is 13.5 Å². The molecule has 0 saturated heterocycles. The van der Waals surface area contributed by atoms with Crippen molar-refractivity contribution in [1.29, 1.82) is 0 Å². The first kappa shape index (κ1) is 13.9. The standard InChI is InChI=1S/C13H25N3O/c1-6-10(7-2)16-13(17)12(14)11(15(16)5)8-9(3)4/h9-10H,6-8,14H2,1-5H3. The van der Waals surface area contributed by atoms with Gasteiger partial charge < -0.3 is 5.73 Å². The summed E-state index contributed by atoms with van der Waals surface area (Å²) in [5.74, 6) is 0.500. The molecule has 0 radical (unpaired) electrons. The van der Waals surface area contributed by atoms with E-state index in [9.17, 15) is 4.79 Å². The second-order valence-electron chi connectivity index (χ2n) is 5.10. The van der Waals surface area contributed by atoms with E-state index in [0.717, 1.165) is 25.0 Å². The molecular weight excluding hydrogens is 214 g/mol. The van der Waals surface area contributed by atoms with Crippen molar-refractivity contribution in [2.75, 3.05) is 5.73 Å². The minimum atomic E-state index is -0.0307. The first-order chi connectivity index (χ1) is 7.93. The number of hydrogen-bond donors (Lipinski definition) is 1. The first-order valence-electron chi connectivity index (χ1n) is 6.49. The van der Waals surface area contributed by atoms with E-state index in [-0.39, 0.29) is 11.6 Å². The number of nitrogen functional groups attached to an aromatic ring is 1. The Balaban J connectivity index is 3.29. The van der Waals surface area contributed by atoms with Gasteiger partial charge in [-0.15, -0.1) is 0 Å². The van der Waals surface area contributed by atoms with Gasteiger partial charge >= 0.3 is 0 Å². The third kappa shape index (κ3) is 2.56. The van der Waals surface area contributed by atoms with Crippen LogP contribution in [0.5, 0.6) is 0 Å². The van der Waals surface area contributed by atoms with Crippen LogP contribution in [-0.4, -0.2) is 9.36 Å². The summed E-state index contributed by atoms with van der Waals surface area (Å²) < 4.78 is 3.77. The summed E-state index contributed by atoms with van der Waals surface area (Å²) in [6, 6.07) is 0.246. The quantitative estimate of drug-likeness (QED) is 0.857. The number of anilines is 1. The summed E-state index contributed by atoms with van der Waals surface area (Å²) in [4.78, 5) is 12.2. The number of hydrogen-bond acceptors (Lipinski definition) is 2. The number of rotatable bonds is 5. The monoisotopic (exact) mass is 239 g/mol. The summed E-state index contributed by atoms with van der Waals surface area (Å²) in [5.41, 5.74) is 7.31. The van der Waals surface area contributed by atoms with Gasteiger partial charge in [0.25, 0.3) is 5.56 Å².